The fraction of sp³-hybridized carbons (Fsp3) is 1.00. The van der Waals surface area contributed by atoms with Crippen molar-refractivity contribution in [3.8, 4) is 0 Å². The molecule has 0 heterocycles. The van der Waals surface area contributed by atoms with Gasteiger partial charge in [-0.25, -0.2) is 0 Å². The van der Waals surface area contributed by atoms with Crippen molar-refractivity contribution in [3.63, 3.8) is 0 Å². The van der Waals surface area contributed by atoms with E-state index in [1.54, 1.807) is 0 Å². The average Bonchev–Trinajstić information content (AvgIpc) is 3.17. The molecule has 1 N–H and O–H groups in total. The first-order valence-electron chi connectivity index (χ1n) is 9.02. The fourth-order valence-electron chi connectivity index (χ4n) is 4.21. The van der Waals surface area contributed by atoms with E-state index in [2.05, 4.69) is 44.8 Å². The molecule has 0 bridgehead atoms. The van der Waals surface area contributed by atoms with Gasteiger partial charge < -0.3 is 5.32 Å². The van der Waals surface area contributed by atoms with Crippen molar-refractivity contribution in [2.45, 2.75) is 84.8 Å². The Balaban J connectivity index is 2.07. The molecule has 2 aliphatic rings. The molecular formula is C18H36N2. The summed E-state index contributed by atoms with van der Waals surface area (Å²) >= 11 is 0. The predicted octanol–water partition coefficient (Wildman–Crippen LogP) is 3.91. The first kappa shape index (κ1) is 16.3. The summed E-state index contributed by atoms with van der Waals surface area (Å²) in [5.41, 5.74) is 0. The van der Waals surface area contributed by atoms with Crippen LogP contribution >= 0.6 is 0 Å². The molecule has 0 aliphatic heterocycles. The highest BCUT2D eigenvalue weighted by atomic mass is 15.2. The van der Waals surface area contributed by atoms with Crippen molar-refractivity contribution in [1.29, 1.82) is 0 Å². The van der Waals surface area contributed by atoms with Crippen LogP contribution in [0.3, 0.4) is 0 Å². The zero-order valence-corrected chi connectivity index (χ0v) is 14.4. The molecule has 4 unspecified atom stereocenters. The summed E-state index contributed by atoms with van der Waals surface area (Å²) in [5.74, 6) is 2.70. The fourth-order valence-corrected chi connectivity index (χ4v) is 4.21. The van der Waals surface area contributed by atoms with Crippen LogP contribution < -0.4 is 5.32 Å². The van der Waals surface area contributed by atoms with E-state index in [-0.39, 0.29) is 0 Å². The molecule has 0 aromatic carbocycles. The topological polar surface area (TPSA) is 15.3 Å². The van der Waals surface area contributed by atoms with Crippen molar-refractivity contribution in [1.82, 2.24) is 10.2 Å². The highest BCUT2D eigenvalue weighted by molar-refractivity contribution is 4.96. The van der Waals surface area contributed by atoms with E-state index >= 15 is 0 Å². The van der Waals surface area contributed by atoms with Gasteiger partial charge in [-0.15, -0.1) is 0 Å². The van der Waals surface area contributed by atoms with Gasteiger partial charge in [0, 0.05) is 24.7 Å². The molecule has 0 aromatic rings. The Bertz CT molecular complexity index is 285. The van der Waals surface area contributed by atoms with Gasteiger partial charge in [0.1, 0.15) is 0 Å². The van der Waals surface area contributed by atoms with Crippen molar-refractivity contribution in [2.24, 2.45) is 17.8 Å². The van der Waals surface area contributed by atoms with E-state index in [4.69, 9.17) is 0 Å². The van der Waals surface area contributed by atoms with Crippen molar-refractivity contribution >= 4 is 0 Å². The summed E-state index contributed by atoms with van der Waals surface area (Å²) in [6.45, 7) is 14.5. The van der Waals surface area contributed by atoms with E-state index in [1.807, 2.05) is 0 Å². The third-order valence-corrected chi connectivity index (χ3v) is 5.29. The largest absolute Gasteiger partial charge is 0.312 e. The Morgan fingerprint density at radius 3 is 2.40 bits per heavy atom. The molecular weight excluding hydrogens is 244 g/mol. The third-order valence-electron chi connectivity index (χ3n) is 5.29. The van der Waals surface area contributed by atoms with E-state index in [9.17, 15) is 0 Å². The number of hydrogen-bond acceptors (Lipinski definition) is 2. The molecule has 0 saturated heterocycles. The number of nitrogens with one attached hydrogen (secondary N) is 1. The van der Waals surface area contributed by atoms with Crippen molar-refractivity contribution in [2.75, 3.05) is 13.1 Å². The zero-order valence-electron chi connectivity index (χ0n) is 14.4. The molecule has 2 fully saturated rings. The van der Waals surface area contributed by atoms with Crippen LogP contribution in [0.1, 0.15) is 66.7 Å². The Labute approximate surface area is 126 Å². The maximum absolute atomic E-state index is 3.87. The van der Waals surface area contributed by atoms with Crippen LogP contribution in [0, 0.1) is 17.8 Å². The smallest absolute Gasteiger partial charge is 0.0277 e. The molecule has 2 nitrogen and oxygen atoms in total. The molecule has 118 valence electrons. The van der Waals surface area contributed by atoms with Crippen LogP contribution in [0.2, 0.25) is 0 Å². The maximum atomic E-state index is 3.87. The highest BCUT2D eigenvalue weighted by Gasteiger charge is 2.40. The molecule has 0 spiro atoms. The highest BCUT2D eigenvalue weighted by Crippen LogP contribution is 2.37. The lowest BCUT2D eigenvalue weighted by molar-refractivity contribution is 0.0362. The van der Waals surface area contributed by atoms with Crippen LogP contribution in [0.4, 0.5) is 0 Å². The van der Waals surface area contributed by atoms with E-state index in [1.165, 1.54) is 45.2 Å². The van der Waals surface area contributed by atoms with E-state index < -0.39 is 0 Å². The van der Waals surface area contributed by atoms with Gasteiger partial charge in [0.2, 0.25) is 0 Å². The zero-order chi connectivity index (χ0) is 14.7. The monoisotopic (exact) mass is 280 g/mol. The molecule has 0 amide bonds. The quantitative estimate of drug-likeness (QED) is 0.760. The minimum absolute atomic E-state index is 0.683. The SMILES string of the molecule is CCCNC1CC(C)CC(C)C1N(CC1CC1)C(C)C. The van der Waals surface area contributed by atoms with Crippen LogP contribution in [-0.4, -0.2) is 36.1 Å². The van der Waals surface area contributed by atoms with E-state index in [0.29, 0.717) is 12.1 Å². The Morgan fingerprint density at radius 2 is 1.85 bits per heavy atom. The van der Waals surface area contributed by atoms with Crippen LogP contribution in [-0.2, 0) is 0 Å². The maximum Gasteiger partial charge on any atom is 0.0277 e. The summed E-state index contributed by atoms with van der Waals surface area (Å²) in [6, 6.07) is 2.13. The second-order valence-electron chi connectivity index (χ2n) is 7.84. The predicted molar refractivity (Wildman–Crippen MR) is 88.0 cm³/mol. The van der Waals surface area contributed by atoms with E-state index in [0.717, 1.165) is 23.8 Å². The molecule has 0 aromatic heterocycles. The number of hydrogen-bond donors (Lipinski definition) is 1. The van der Waals surface area contributed by atoms with Gasteiger partial charge in [0.25, 0.3) is 0 Å². The van der Waals surface area contributed by atoms with Gasteiger partial charge in [-0.3, -0.25) is 4.90 Å². The molecule has 4 atom stereocenters. The normalized spacial score (nSPS) is 35.0. The minimum Gasteiger partial charge on any atom is -0.312 e. The van der Waals surface area contributed by atoms with Crippen molar-refractivity contribution in [3.05, 3.63) is 0 Å². The molecule has 2 rings (SSSR count). The summed E-state index contributed by atoms with van der Waals surface area (Å²) in [4.78, 5) is 2.83. The molecule has 2 heteroatoms. The Kier molecular flexibility index (Phi) is 5.92. The van der Waals surface area contributed by atoms with Crippen LogP contribution in [0.25, 0.3) is 0 Å². The Morgan fingerprint density at radius 1 is 1.15 bits per heavy atom. The first-order valence-corrected chi connectivity index (χ1v) is 9.02. The van der Waals surface area contributed by atoms with Crippen LogP contribution in [0.5, 0.6) is 0 Å². The minimum atomic E-state index is 0.683. The van der Waals surface area contributed by atoms with Gasteiger partial charge in [0.05, 0.1) is 0 Å². The summed E-state index contributed by atoms with van der Waals surface area (Å²) < 4.78 is 0. The van der Waals surface area contributed by atoms with Gasteiger partial charge in [0.15, 0.2) is 0 Å². The second kappa shape index (κ2) is 7.26. The summed E-state index contributed by atoms with van der Waals surface area (Å²) in [6.07, 6.45) is 6.95. The first-order chi connectivity index (χ1) is 9.52. The lowest BCUT2D eigenvalue weighted by atomic mass is 9.75. The average molecular weight is 280 g/mol. The molecule has 2 aliphatic carbocycles. The molecule has 20 heavy (non-hydrogen) atoms. The third kappa shape index (κ3) is 4.21. The van der Waals surface area contributed by atoms with Gasteiger partial charge >= 0.3 is 0 Å². The molecule has 0 radical (unpaired) electrons. The standard InChI is InChI=1S/C18H36N2/c1-6-9-19-17-11-14(4)10-15(5)18(17)20(13(2)3)12-16-7-8-16/h13-19H,6-12H2,1-5H3. The Hall–Kier alpha value is -0.0800. The number of nitrogens with zero attached hydrogens (tertiary/aromatic N) is 1. The lowest BCUT2D eigenvalue weighted by Crippen LogP contribution is -2.58. The lowest BCUT2D eigenvalue weighted by Gasteiger charge is -2.48. The molecule has 2 saturated carbocycles. The van der Waals surface area contributed by atoms with Gasteiger partial charge in [-0.2, -0.15) is 0 Å². The van der Waals surface area contributed by atoms with Gasteiger partial charge in [-0.1, -0.05) is 20.8 Å². The second-order valence-corrected chi connectivity index (χ2v) is 7.84. The van der Waals surface area contributed by atoms with Gasteiger partial charge in [-0.05, 0) is 70.3 Å². The van der Waals surface area contributed by atoms with Crippen LogP contribution in [0.15, 0.2) is 0 Å². The van der Waals surface area contributed by atoms with Crippen molar-refractivity contribution < 1.29 is 0 Å². The summed E-state index contributed by atoms with van der Waals surface area (Å²) in [7, 11) is 0. The number of rotatable bonds is 7. The summed E-state index contributed by atoms with van der Waals surface area (Å²) in [5, 5.41) is 3.87.